The van der Waals surface area contributed by atoms with Gasteiger partial charge in [0.1, 0.15) is 0 Å². The van der Waals surface area contributed by atoms with Gasteiger partial charge in [-0.15, -0.1) is 0 Å². The standard InChI is InChI=1S/C14H16N4O2/c1-8-4-6-11(7-5-8)15-13(19)14(20)16-12-9(2)17-18-10(12)3/h4-7H,1-3H3,(H,15,19)(H,16,20)(H,17,18). The second-order valence-electron chi connectivity index (χ2n) is 4.58. The Morgan fingerprint density at radius 3 is 2.15 bits per heavy atom. The highest BCUT2D eigenvalue weighted by atomic mass is 16.2. The first kappa shape index (κ1) is 13.8. The third kappa shape index (κ3) is 3.03. The number of aromatic nitrogens is 2. The van der Waals surface area contributed by atoms with E-state index >= 15 is 0 Å². The number of H-pyrrole nitrogens is 1. The molecule has 0 spiro atoms. The van der Waals surface area contributed by atoms with Crippen molar-refractivity contribution >= 4 is 23.2 Å². The maximum absolute atomic E-state index is 11.8. The normalized spacial score (nSPS) is 10.2. The monoisotopic (exact) mass is 272 g/mol. The number of carbonyl (C=O) groups is 2. The largest absolute Gasteiger partial charge is 0.318 e. The molecule has 0 unspecified atom stereocenters. The molecule has 0 radical (unpaired) electrons. The van der Waals surface area contributed by atoms with Crippen LogP contribution in [0.2, 0.25) is 0 Å². The number of carbonyl (C=O) groups excluding carboxylic acids is 2. The molecule has 1 heterocycles. The molecule has 0 aliphatic rings. The lowest BCUT2D eigenvalue weighted by Crippen LogP contribution is -2.29. The van der Waals surface area contributed by atoms with Crippen LogP contribution in [0, 0.1) is 20.8 Å². The summed E-state index contributed by atoms with van der Waals surface area (Å²) in [4.78, 5) is 23.6. The number of hydrogen-bond acceptors (Lipinski definition) is 3. The van der Waals surface area contributed by atoms with Crippen LogP contribution in [0.5, 0.6) is 0 Å². The topological polar surface area (TPSA) is 86.9 Å². The Labute approximate surface area is 116 Å². The van der Waals surface area contributed by atoms with E-state index in [0.717, 1.165) is 5.56 Å². The third-order valence-corrected chi connectivity index (χ3v) is 2.88. The number of aromatic amines is 1. The van der Waals surface area contributed by atoms with E-state index in [4.69, 9.17) is 0 Å². The number of hydrogen-bond donors (Lipinski definition) is 3. The zero-order valence-electron chi connectivity index (χ0n) is 11.6. The molecule has 0 fully saturated rings. The predicted molar refractivity (Wildman–Crippen MR) is 76.5 cm³/mol. The Kier molecular flexibility index (Phi) is 3.84. The molecule has 1 aromatic carbocycles. The lowest BCUT2D eigenvalue weighted by Gasteiger charge is -2.06. The molecule has 0 atom stereocenters. The summed E-state index contributed by atoms with van der Waals surface area (Å²) < 4.78 is 0. The summed E-state index contributed by atoms with van der Waals surface area (Å²) in [7, 11) is 0. The minimum absolute atomic E-state index is 0.536. The highest BCUT2D eigenvalue weighted by molar-refractivity contribution is 6.43. The molecular weight excluding hydrogens is 256 g/mol. The van der Waals surface area contributed by atoms with Gasteiger partial charge in [0.2, 0.25) is 0 Å². The zero-order valence-corrected chi connectivity index (χ0v) is 11.6. The lowest BCUT2D eigenvalue weighted by atomic mass is 10.2. The second-order valence-corrected chi connectivity index (χ2v) is 4.58. The van der Waals surface area contributed by atoms with Crippen LogP contribution in [-0.2, 0) is 9.59 Å². The highest BCUT2D eigenvalue weighted by Crippen LogP contribution is 2.16. The van der Waals surface area contributed by atoms with Crippen LogP contribution in [0.1, 0.15) is 17.0 Å². The maximum Gasteiger partial charge on any atom is 0.314 e. The SMILES string of the molecule is Cc1ccc(NC(=O)C(=O)Nc2c(C)n[nH]c2C)cc1. The molecule has 0 saturated heterocycles. The van der Waals surface area contributed by atoms with Crippen LogP contribution < -0.4 is 10.6 Å². The number of nitrogens with zero attached hydrogens (tertiary/aromatic N) is 1. The van der Waals surface area contributed by atoms with Crippen molar-refractivity contribution in [1.29, 1.82) is 0 Å². The van der Waals surface area contributed by atoms with Crippen LogP contribution in [0.15, 0.2) is 24.3 Å². The summed E-state index contributed by atoms with van der Waals surface area (Å²) in [5.74, 6) is -1.44. The van der Waals surface area contributed by atoms with Gasteiger partial charge in [-0.3, -0.25) is 14.7 Å². The Balaban J connectivity index is 2.02. The Hall–Kier alpha value is -2.63. The summed E-state index contributed by atoms with van der Waals surface area (Å²) in [6.45, 7) is 5.47. The van der Waals surface area contributed by atoms with E-state index in [1.807, 2.05) is 19.1 Å². The smallest absolute Gasteiger partial charge is 0.314 e. The van der Waals surface area contributed by atoms with Gasteiger partial charge < -0.3 is 10.6 Å². The maximum atomic E-state index is 11.8. The van der Waals surface area contributed by atoms with Crippen LogP contribution in [0.25, 0.3) is 0 Å². The molecule has 0 bridgehead atoms. The average molecular weight is 272 g/mol. The van der Waals surface area contributed by atoms with Gasteiger partial charge in [-0.05, 0) is 32.9 Å². The van der Waals surface area contributed by atoms with E-state index in [1.54, 1.807) is 26.0 Å². The molecule has 1 aromatic heterocycles. The van der Waals surface area contributed by atoms with Gasteiger partial charge in [0.25, 0.3) is 0 Å². The lowest BCUT2D eigenvalue weighted by molar-refractivity contribution is -0.133. The van der Waals surface area contributed by atoms with Crippen molar-refractivity contribution in [3.63, 3.8) is 0 Å². The van der Waals surface area contributed by atoms with Gasteiger partial charge in [-0.1, -0.05) is 17.7 Å². The van der Waals surface area contributed by atoms with Gasteiger partial charge in [0.15, 0.2) is 0 Å². The summed E-state index contributed by atoms with van der Waals surface area (Å²) in [5, 5.41) is 11.8. The first-order chi connectivity index (χ1) is 9.47. The van der Waals surface area contributed by atoms with E-state index in [2.05, 4.69) is 20.8 Å². The number of rotatable bonds is 2. The van der Waals surface area contributed by atoms with Crippen LogP contribution in [0.4, 0.5) is 11.4 Å². The molecule has 104 valence electrons. The Morgan fingerprint density at radius 2 is 1.60 bits per heavy atom. The van der Waals surface area contributed by atoms with Crippen molar-refractivity contribution in [2.75, 3.05) is 10.6 Å². The fourth-order valence-electron chi connectivity index (χ4n) is 1.73. The van der Waals surface area contributed by atoms with Gasteiger partial charge >= 0.3 is 11.8 Å². The molecule has 6 nitrogen and oxygen atoms in total. The molecule has 0 saturated carbocycles. The quantitative estimate of drug-likeness (QED) is 0.730. The molecule has 0 aliphatic heterocycles. The minimum Gasteiger partial charge on any atom is -0.318 e. The van der Waals surface area contributed by atoms with E-state index in [0.29, 0.717) is 22.8 Å². The second kappa shape index (κ2) is 5.56. The first-order valence-electron chi connectivity index (χ1n) is 6.18. The summed E-state index contributed by atoms with van der Waals surface area (Å²) in [5.41, 5.74) is 3.54. The number of amides is 2. The van der Waals surface area contributed by atoms with Crippen molar-refractivity contribution in [2.45, 2.75) is 20.8 Å². The molecule has 3 N–H and O–H groups in total. The number of aryl methyl sites for hydroxylation is 3. The summed E-state index contributed by atoms with van der Waals surface area (Å²) >= 11 is 0. The molecule has 6 heteroatoms. The van der Waals surface area contributed by atoms with Crippen molar-refractivity contribution < 1.29 is 9.59 Å². The molecule has 2 rings (SSSR count). The van der Waals surface area contributed by atoms with Gasteiger partial charge in [-0.2, -0.15) is 5.10 Å². The molecular formula is C14H16N4O2. The first-order valence-corrected chi connectivity index (χ1v) is 6.18. The van der Waals surface area contributed by atoms with Gasteiger partial charge in [-0.25, -0.2) is 0 Å². The van der Waals surface area contributed by atoms with E-state index in [9.17, 15) is 9.59 Å². The molecule has 2 aromatic rings. The summed E-state index contributed by atoms with van der Waals surface area (Å²) in [6.07, 6.45) is 0. The van der Waals surface area contributed by atoms with Crippen molar-refractivity contribution in [1.82, 2.24) is 10.2 Å². The number of anilines is 2. The summed E-state index contributed by atoms with van der Waals surface area (Å²) in [6, 6.07) is 7.21. The van der Waals surface area contributed by atoms with E-state index in [1.165, 1.54) is 0 Å². The fourth-order valence-corrected chi connectivity index (χ4v) is 1.73. The van der Waals surface area contributed by atoms with Gasteiger partial charge in [0, 0.05) is 5.69 Å². The van der Waals surface area contributed by atoms with Gasteiger partial charge in [0.05, 0.1) is 17.1 Å². The Bertz CT molecular complexity index is 624. The van der Waals surface area contributed by atoms with E-state index in [-0.39, 0.29) is 0 Å². The minimum atomic E-state index is -0.724. The van der Waals surface area contributed by atoms with Crippen LogP contribution in [0.3, 0.4) is 0 Å². The van der Waals surface area contributed by atoms with Crippen molar-refractivity contribution in [2.24, 2.45) is 0 Å². The van der Waals surface area contributed by atoms with Crippen LogP contribution >= 0.6 is 0 Å². The van der Waals surface area contributed by atoms with Crippen LogP contribution in [-0.4, -0.2) is 22.0 Å². The number of benzene rings is 1. The molecule has 0 aliphatic carbocycles. The number of nitrogens with one attached hydrogen (secondary N) is 3. The molecule has 2 amide bonds. The Morgan fingerprint density at radius 1 is 1.00 bits per heavy atom. The predicted octanol–water partition coefficient (Wildman–Crippen LogP) is 1.91. The fraction of sp³-hybridized carbons (Fsp3) is 0.214. The van der Waals surface area contributed by atoms with Crippen molar-refractivity contribution in [3.05, 3.63) is 41.2 Å². The highest BCUT2D eigenvalue weighted by Gasteiger charge is 2.17. The zero-order chi connectivity index (χ0) is 14.7. The third-order valence-electron chi connectivity index (χ3n) is 2.88. The average Bonchev–Trinajstić information content (AvgIpc) is 2.73. The van der Waals surface area contributed by atoms with E-state index < -0.39 is 11.8 Å². The van der Waals surface area contributed by atoms with Crippen molar-refractivity contribution in [3.8, 4) is 0 Å². The molecule has 20 heavy (non-hydrogen) atoms.